The largest absolute Gasteiger partial charge is 0.451 e. The molecule has 7 nitrogen and oxygen atoms in total. The number of nitrogens with two attached hydrogens (primary N) is 1. The molecule has 1 atom stereocenters. The fraction of sp³-hybridized carbons (Fsp3) is 0.421. The zero-order valence-corrected chi connectivity index (χ0v) is 15.8. The fourth-order valence-electron chi connectivity index (χ4n) is 3.87. The molecule has 3 heterocycles. The van der Waals surface area contributed by atoms with E-state index in [9.17, 15) is 18.0 Å². The minimum Gasteiger partial charge on any atom is -0.358 e. The first-order chi connectivity index (χ1) is 13.7. The summed E-state index contributed by atoms with van der Waals surface area (Å²) in [5.74, 6) is -1.08. The van der Waals surface area contributed by atoms with Gasteiger partial charge in [0.2, 0.25) is 11.7 Å². The van der Waals surface area contributed by atoms with Crippen LogP contribution >= 0.6 is 0 Å². The van der Waals surface area contributed by atoms with Gasteiger partial charge in [-0.2, -0.15) is 13.2 Å². The number of halogens is 3. The number of hydrogen-bond donors (Lipinski definition) is 2. The van der Waals surface area contributed by atoms with E-state index in [4.69, 9.17) is 5.73 Å². The molecule has 0 saturated heterocycles. The number of aromatic amines is 1. The van der Waals surface area contributed by atoms with Crippen LogP contribution in [0.25, 0.3) is 10.9 Å². The van der Waals surface area contributed by atoms with Gasteiger partial charge in [0.1, 0.15) is 0 Å². The molecule has 0 bridgehead atoms. The van der Waals surface area contributed by atoms with Gasteiger partial charge in [0.15, 0.2) is 5.82 Å². The Hall–Kier alpha value is -2.88. The van der Waals surface area contributed by atoms with Gasteiger partial charge in [-0.25, -0.2) is 0 Å². The van der Waals surface area contributed by atoms with E-state index in [0.29, 0.717) is 6.42 Å². The van der Waals surface area contributed by atoms with Crippen LogP contribution in [0.4, 0.5) is 13.2 Å². The van der Waals surface area contributed by atoms with Crippen LogP contribution < -0.4 is 5.73 Å². The Balaban J connectivity index is 1.42. The van der Waals surface area contributed by atoms with Crippen molar-refractivity contribution in [2.24, 2.45) is 5.73 Å². The van der Waals surface area contributed by atoms with Crippen molar-refractivity contribution >= 4 is 16.8 Å². The van der Waals surface area contributed by atoms with Crippen LogP contribution in [-0.2, 0) is 30.5 Å². The summed E-state index contributed by atoms with van der Waals surface area (Å²) in [4.78, 5) is 17.5. The van der Waals surface area contributed by atoms with Gasteiger partial charge >= 0.3 is 6.18 Å². The maximum Gasteiger partial charge on any atom is 0.451 e. The molecule has 1 amide bonds. The van der Waals surface area contributed by atoms with Crippen molar-refractivity contribution in [1.29, 1.82) is 0 Å². The first kappa shape index (κ1) is 19.4. The van der Waals surface area contributed by atoms with Crippen LogP contribution in [0.15, 0.2) is 24.3 Å². The molecule has 0 fully saturated rings. The third-order valence-electron chi connectivity index (χ3n) is 5.29. The summed E-state index contributed by atoms with van der Waals surface area (Å²) in [6, 6.07) is 7.51. The molecule has 0 saturated carbocycles. The van der Waals surface area contributed by atoms with Gasteiger partial charge in [-0.3, -0.25) is 4.79 Å². The van der Waals surface area contributed by atoms with Crippen molar-refractivity contribution in [2.45, 2.75) is 45.1 Å². The van der Waals surface area contributed by atoms with E-state index >= 15 is 0 Å². The predicted octanol–water partition coefficient (Wildman–Crippen LogP) is 2.39. The van der Waals surface area contributed by atoms with Gasteiger partial charge in [-0.1, -0.05) is 18.2 Å². The molecule has 4 rings (SSSR count). The highest BCUT2D eigenvalue weighted by molar-refractivity contribution is 5.84. The number of aryl methyl sites for hydroxylation is 1. The summed E-state index contributed by atoms with van der Waals surface area (Å²) < 4.78 is 39.8. The lowest BCUT2D eigenvalue weighted by Gasteiger charge is -2.29. The smallest absolute Gasteiger partial charge is 0.358 e. The van der Waals surface area contributed by atoms with Crippen molar-refractivity contribution in [1.82, 2.24) is 24.6 Å². The molecule has 1 unspecified atom stereocenters. The zero-order chi connectivity index (χ0) is 20.8. The van der Waals surface area contributed by atoms with Crippen LogP contribution in [0.2, 0.25) is 0 Å². The average Bonchev–Trinajstić information content (AvgIpc) is 3.22. The third-order valence-corrected chi connectivity index (χ3v) is 5.29. The first-order valence-corrected chi connectivity index (χ1v) is 9.33. The number of amides is 1. The Bertz CT molecular complexity index is 1050. The molecule has 10 heteroatoms. The van der Waals surface area contributed by atoms with E-state index in [1.165, 1.54) is 4.90 Å². The van der Waals surface area contributed by atoms with Gasteiger partial charge in [0.25, 0.3) is 0 Å². The monoisotopic (exact) mass is 406 g/mol. The topological polar surface area (TPSA) is 92.8 Å². The van der Waals surface area contributed by atoms with E-state index in [2.05, 4.69) is 15.2 Å². The molecule has 154 valence electrons. The van der Waals surface area contributed by atoms with Crippen molar-refractivity contribution in [2.75, 3.05) is 6.54 Å². The number of carbonyl (C=O) groups is 1. The van der Waals surface area contributed by atoms with Crippen LogP contribution in [0, 0.1) is 6.92 Å². The third kappa shape index (κ3) is 3.71. The van der Waals surface area contributed by atoms with Gasteiger partial charge < -0.3 is 20.2 Å². The Morgan fingerprint density at radius 2 is 2.03 bits per heavy atom. The van der Waals surface area contributed by atoms with Gasteiger partial charge in [0, 0.05) is 42.1 Å². The molecule has 1 aliphatic rings. The number of fused-ring (bicyclic) bond motifs is 2. The number of benzene rings is 1. The Labute approximate surface area is 164 Å². The molecule has 3 aromatic rings. The second kappa shape index (κ2) is 7.18. The number of alkyl halides is 3. The molecular formula is C19H21F3N6O. The van der Waals surface area contributed by atoms with E-state index in [0.717, 1.165) is 26.7 Å². The van der Waals surface area contributed by atoms with E-state index in [-0.39, 0.29) is 37.8 Å². The number of rotatable bonds is 4. The Morgan fingerprint density at radius 3 is 2.79 bits per heavy atom. The number of aromatic nitrogens is 4. The van der Waals surface area contributed by atoms with Gasteiger partial charge in [0.05, 0.1) is 6.54 Å². The molecule has 1 aromatic carbocycles. The lowest BCUT2D eigenvalue weighted by Crippen LogP contribution is -2.42. The Kier molecular flexibility index (Phi) is 4.81. The van der Waals surface area contributed by atoms with E-state index < -0.39 is 18.0 Å². The SMILES string of the molecule is Cc1[nH]c2ccccc2c1CC(N)CC(=O)N1CCn2c(nnc2C(F)(F)F)C1. The highest BCUT2D eigenvalue weighted by Crippen LogP contribution is 2.29. The second-order valence-electron chi connectivity index (χ2n) is 7.35. The molecule has 0 aliphatic carbocycles. The van der Waals surface area contributed by atoms with Crippen molar-refractivity contribution in [3.8, 4) is 0 Å². The summed E-state index contributed by atoms with van der Waals surface area (Å²) >= 11 is 0. The number of para-hydroxylation sites is 1. The summed E-state index contributed by atoms with van der Waals surface area (Å²) in [7, 11) is 0. The van der Waals surface area contributed by atoms with Crippen molar-refractivity contribution < 1.29 is 18.0 Å². The summed E-state index contributed by atoms with van der Waals surface area (Å²) in [6.45, 7) is 2.16. The van der Waals surface area contributed by atoms with Crippen molar-refractivity contribution in [3.05, 3.63) is 47.2 Å². The summed E-state index contributed by atoms with van der Waals surface area (Å²) in [5, 5.41) is 7.92. The molecule has 0 radical (unpaired) electrons. The highest BCUT2D eigenvalue weighted by Gasteiger charge is 2.39. The van der Waals surface area contributed by atoms with Gasteiger partial charge in [-0.05, 0) is 25.0 Å². The number of hydrogen-bond acceptors (Lipinski definition) is 4. The average molecular weight is 406 g/mol. The highest BCUT2D eigenvalue weighted by atomic mass is 19.4. The molecular weight excluding hydrogens is 385 g/mol. The molecule has 2 aromatic heterocycles. The predicted molar refractivity (Wildman–Crippen MR) is 99.8 cm³/mol. The van der Waals surface area contributed by atoms with Gasteiger partial charge in [-0.15, -0.1) is 10.2 Å². The minimum atomic E-state index is -4.56. The minimum absolute atomic E-state index is 0.000741. The van der Waals surface area contributed by atoms with E-state index in [1.54, 1.807) is 0 Å². The fourth-order valence-corrected chi connectivity index (χ4v) is 3.87. The van der Waals surface area contributed by atoms with Crippen LogP contribution in [0.5, 0.6) is 0 Å². The first-order valence-electron chi connectivity index (χ1n) is 9.33. The lowest BCUT2D eigenvalue weighted by atomic mass is 10.0. The normalized spacial score (nSPS) is 15.6. The summed E-state index contributed by atoms with van der Waals surface area (Å²) in [5.41, 5.74) is 9.36. The van der Waals surface area contributed by atoms with E-state index in [1.807, 2.05) is 31.2 Å². The standard InChI is InChI=1S/C19H21F3N6O/c1-11-14(13-4-2-3-5-15(13)24-11)8-12(23)9-17(29)27-6-7-28-16(10-27)25-26-18(28)19(20,21)22/h2-5,12,24H,6-10,23H2,1H3. The molecule has 1 aliphatic heterocycles. The quantitative estimate of drug-likeness (QED) is 0.696. The summed E-state index contributed by atoms with van der Waals surface area (Å²) in [6.07, 6.45) is -3.92. The Morgan fingerprint density at radius 1 is 1.28 bits per heavy atom. The molecule has 0 spiro atoms. The zero-order valence-electron chi connectivity index (χ0n) is 15.8. The van der Waals surface area contributed by atoms with Crippen LogP contribution in [0.3, 0.4) is 0 Å². The second-order valence-corrected chi connectivity index (χ2v) is 7.35. The molecule has 3 N–H and O–H groups in total. The number of nitrogens with zero attached hydrogens (tertiary/aromatic N) is 4. The maximum atomic E-state index is 12.9. The van der Waals surface area contributed by atoms with Crippen molar-refractivity contribution in [3.63, 3.8) is 0 Å². The maximum absolute atomic E-state index is 12.9. The number of carbonyl (C=O) groups excluding carboxylic acids is 1. The van der Waals surface area contributed by atoms with Crippen LogP contribution in [-0.4, -0.2) is 43.1 Å². The van der Waals surface area contributed by atoms with Crippen LogP contribution in [0.1, 0.15) is 29.3 Å². The lowest BCUT2D eigenvalue weighted by molar-refractivity contribution is -0.148. The number of H-pyrrole nitrogens is 1. The number of nitrogens with one attached hydrogen (secondary N) is 1. The molecule has 29 heavy (non-hydrogen) atoms.